The zero-order valence-electron chi connectivity index (χ0n) is 11.3. The summed E-state index contributed by atoms with van der Waals surface area (Å²) >= 11 is 0. The maximum absolute atomic E-state index is 4.23. The average molecular weight is 235 g/mol. The number of rotatable bonds is 8. The Bertz CT molecular complexity index is 310. The van der Waals surface area contributed by atoms with Crippen molar-refractivity contribution in [3.63, 3.8) is 0 Å². The Hall–Kier alpha value is -1.25. The zero-order chi connectivity index (χ0) is 12.5. The standard InChI is InChI=1S/C14H25N3/c1-4-7-16-13-9-14(11-15-10-13)17-8-5-6-12(2)3/h9-12,16-17H,4-8H2,1-3H3. The van der Waals surface area contributed by atoms with Gasteiger partial charge < -0.3 is 10.6 Å². The molecule has 0 unspecified atom stereocenters. The summed E-state index contributed by atoms with van der Waals surface area (Å²) in [4.78, 5) is 4.23. The van der Waals surface area contributed by atoms with E-state index < -0.39 is 0 Å². The van der Waals surface area contributed by atoms with Gasteiger partial charge in [0.15, 0.2) is 0 Å². The molecule has 0 fully saturated rings. The van der Waals surface area contributed by atoms with Crippen LogP contribution in [0.3, 0.4) is 0 Å². The Balaban J connectivity index is 2.32. The molecular weight excluding hydrogens is 210 g/mol. The van der Waals surface area contributed by atoms with Gasteiger partial charge in [-0.2, -0.15) is 0 Å². The quantitative estimate of drug-likeness (QED) is 0.674. The molecule has 0 aliphatic heterocycles. The van der Waals surface area contributed by atoms with Crippen LogP contribution in [0.2, 0.25) is 0 Å². The first-order valence-electron chi connectivity index (χ1n) is 6.65. The van der Waals surface area contributed by atoms with Crippen molar-refractivity contribution in [2.24, 2.45) is 5.92 Å². The Morgan fingerprint density at radius 2 is 1.76 bits per heavy atom. The van der Waals surface area contributed by atoms with Crippen molar-refractivity contribution in [3.8, 4) is 0 Å². The van der Waals surface area contributed by atoms with E-state index >= 15 is 0 Å². The molecule has 0 aliphatic carbocycles. The molecule has 0 aromatic carbocycles. The maximum atomic E-state index is 4.23. The summed E-state index contributed by atoms with van der Waals surface area (Å²) in [5.74, 6) is 0.785. The maximum Gasteiger partial charge on any atom is 0.0547 e. The molecule has 1 heterocycles. The van der Waals surface area contributed by atoms with Crippen molar-refractivity contribution in [2.75, 3.05) is 23.7 Å². The predicted octanol–water partition coefficient (Wildman–Crippen LogP) is 3.75. The van der Waals surface area contributed by atoms with Crippen molar-refractivity contribution < 1.29 is 0 Å². The largest absolute Gasteiger partial charge is 0.384 e. The third-order valence-electron chi connectivity index (χ3n) is 2.60. The predicted molar refractivity (Wildman–Crippen MR) is 75.6 cm³/mol. The highest BCUT2D eigenvalue weighted by Gasteiger charge is 1.97. The molecule has 0 aliphatic rings. The summed E-state index contributed by atoms with van der Waals surface area (Å²) in [5, 5.41) is 6.76. The fourth-order valence-corrected chi connectivity index (χ4v) is 1.65. The summed E-state index contributed by atoms with van der Waals surface area (Å²) in [5.41, 5.74) is 2.20. The van der Waals surface area contributed by atoms with Crippen molar-refractivity contribution in [2.45, 2.75) is 40.0 Å². The minimum absolute atomic E-state index is 0.785. The van der Waals surface area contributed by atoms with Gasteiger partial charge in [-0.1, -0.05) is 20.8 Å². The number of hydrogen-bond donors (Lipinski definition) is 2. The number of nitrogens with zero attached hydrogens (tertiary/aromatic N) is 1. The van der Waals surface area contributed by atoms with Crippen LogP contribution in [0.5, 0.6) is 0 Å². The van der Waals surface area contributed by atoms with Gasteiger partial charge in [0.1, 0.15) is 0 Å². The second-order valence-corrected chi connectivity index (χ2v) is 4.85. The van der Waals surface area contributed by atoms with Crippen LogP contribution in [0.1, 0.15) is 40.0 Å². The molecular formula is C14H25N3. The van der Waals surface area contributed by atoms with Crippen LogP contribution in [-0.4, -0.2) is 18.1 Å². The summed E-state index contributed by atoms with van der Waals surface area (Å²) in [6.45, 7) is 8.71. The van der Waals surface area contributed by atoms with E-state index in [1.807, 2.05) is 12.4 Å². The normalized spacial score (nSPS) is 10.6. The van der Waals surface area contributed by atoms with E-state index in [9.17, 15) is 0 Å². The van der Waals surface area contributed by atoms with Crippen LogP contribution in [0.25, 0.3) is 0 Å². The highest BCUT2D eigenvalue weighted by molar-refractivity contribution is 5.53. The lowest BCUT2D eigenvalue weighted by Gasteiger charge is -2.09. The SMILES string of the molecule is CCCNc1cncc(NCCCC(C)C)c1. The lowest BCUT2D eigenvalue weighted by Crippen LogP contribution is -2.05. The number of aromatic nitrogens is 1. The Morgan fingerprint density at radius 3 is 2.35 bits per heavy atom. The monoisotopic (exact) mass is 235 g/mol. The molecule has 0 spiro atoms. The molecule has 0 bridgehead atoms. The highest BCUT2D eigenvalue weighted by Crippen LogP contribution is 2.13. The smallest absolute Gasteiger partial charge is 0.0547 e. The first kappa shape index (κ1) is 13.8. The van der Waals surface area contributed by atoms with Crippen LogP contribution < -0.4 is 10.6 Å². The van der Waals surface area contributed by atoms with E-state index in [0.717, 1.165) is 36.8 Å². The summed E-state index contributed by atoms with van der Waals surface area (Å²) < 4.78 is 0. The molecule has 0 saturated heterocycles. The van der Waals surface area contributed by atoms with Crippen molar-refractivity contribution in [1.29, 1.82) is 0 Å². The van der Waals surface area contributed by atoms with Crippen molar-refractivity contribution in [1.82, 2.24) is 4.98 Å². The van der Waals surface area contributed by atoms with Crippen LogP contribution in [0.15, 0.2) is 18.5 Å². The van der Waals surface area contributed by atoms with Crippen molar-refractivity contribution in [3.05, 3.63) is 18.5 Å². The molecule has 0 radical (unpaired) electrons. The van der Waals surface area contributed by atoms with Gasteiger partial charge in [-0.25, -0.2) is 0 Å². The lowest BCUT2D eigenvalue weighted by atomic mass is 10.1. The number of anilines is 2. The summed E-state index contributed by atoms with van der Waals surface area (Å²) in [7, 11) is 0. The molecule has 2 N–H and O–H groups in total. The molecule has 3 nitrogen and oxygen atoms in total. The van der Waals surface area contributed by atoms with Gasteiger partial charge in [-0.3, -0.25) is 4.98 Å². The van der Waals surface area contributed by atoms with E-state index in [4.69, 9.17) is 0 Å². The molecule has 0 saturated carbocycles. The van der Waals surface area contributed by atoms with Crippen molar-refractivity contribution >= 4 is 11.4 Å². The first-order chi connectivity index (χ1) is 8.22. The molecule has 17 heavy (non-hydrogen) atoms. The third-order valence-corrected chi connectivity index (χ3v) is 2.60. The van der Waals surface area contributed by atoms with Crippen LogP contribution >= 0.6 is 0 Å². The highest BCUT2D eigenvalue weighted by atomic mass is 14.9. The van der Waals surface area contributed by atoms with Crippen LogP contribution in [0, 0.1) is 5.92 Å². The third kappa shape index (κ3) is 6.15. The summed E-state index contributed by atoms with van der Waals surface area (Å²) in [6, 6.07) is 2.12. The molecule has 0 atom stereocenters. The van der Waals surface area contributed by atoms with E-state index in [-0.39, 0.29) is 0 Å². The molecule has 3 heteroatoms. The van der Waals surface area contributed by atoms with Crippen LogP contribution in [0.4, 0.5) is 11.4 Å². The minimum atomic E-state index is 0.785. The van der Waals surface area contributed by atoms with E-state index in [1.54, 1.807) is 0 Å². The lowest BCUT2D eigenvalue weighted by molar-refractivity contribution is 0.567. The van der Waals surface area contributed by atoms with Gasteiger partial charge >= 0.3 is 0 Å². The minimum Gasteiger partial charge on any atom is -0.384 e. The molecule has 1 aromatic rings. The van der Waals surface area contributed by atoms with Gasteiger partial charge in [0.05, 0.1) is 23.8 Å². The Morgan fingerprint density at radius 1 is 1.12 bits per heavy atom. The average Bonchev–Trinajstić information content (AvgIpc) is 2.32. The molecule has 0 amide bonds. The second-order valence-electron chi connectivity index (χ2n) is 4.85. The fraction of sp³-hybridized carbons (Fsp3) is 0.643. The van der Waals surface area contributed by atoms with Gasteiger partial charge in [0.2, 0.25) is 0 Å². The van der Waals surface area contributed by atoms with Crippen LogP contribution in [-0.2, 0) is 0 Å². The van der Waals surface area contributed by atoms with E-state index in [0.29, 0.717) is 0 Å². The first-order valence-corrected chi connectivity index (χ1v) is 6.65. The topological polar surface area (TPSA) is 37.0 Å². The van der Waals surface area contributed by atoms with Gasteiger partial charge in [0.25, 0.3) is 0 Å². The van der Waals surface area contributed by atoms with Gasteiger partial charge in [0, 0.05) is 13.1 Å². The van der Waals surface area contributed by atoms with Gasteiger partial charge in [-0.15, -0.1) is 0 Å². The molecule has 1 rings (SSSR count). The molecule has 1 aromatic heterocycles. The van der Waals surface area contributed by atoms with Gasteiger partial charge in [-0.05, 0) is 31.2 Å². The molecule has 96 valence electrons. The second kappa shape index (κ2) is 7.93. The summed E-state index contributed by atoms with van der Waals surface area (Å²) in [6.07, 6.45) is 7.37. The van der Waals surface area contributed by atoms with E-state index in [2.05, 4.69) is 42.5 Å². The number of pyridine rings is 1. The Labute approximate surface area is 105 Å². The zero-order valence-corrected chi connectivity index (χ0v) is 11.3. The Kier molecular flexibility index (Phi) is 6.45. The number of hydrogen-bond acceptors (Lipinski definition) is 3. The number of nitrogens with one attached hydrogen (secondary N) is 2. The van der Waals surface area contributed by atoms with E-state index in [1.165, 1.54) is 12.8 Å². The fourth-order valence-electron chi connectivity index (χ4n) is 1.65.